The molecule has 6 nitrogen and oxygen atoms in total. The van der Waals surface area contributed by atoms with Crippen molar-refractivity contribution >= 4 is 6.34 Å². The molecular weight excluding hydrogens is 268 g/mol. The molecule has 2 heterocycles. The topological polar surface area (TPSA) is 76.9 Å². The predicted octanol–water partition coefficient (Wildman–Crippen LogP) is 0.0105. The zero-order valence-corrected chi connectivity index (χ0v) is 13.5. The standard InChI is InChI=1S/C15H31N4O2/c1-4-5-6-11(2)19(7-12(3)21)10-18-14-13(8-20)16-9-17-15(14)19/h9,11-15,18,20-21H,4-8,10H2,1-3H3,(H,16,17)/q+1/t11-,12+,13+,14?,15?,19?/m1/s1. The van der Waals surface area contributed by atoms with Gasteiger partial charge in [-0.1, -0.05) is 13.3 Å². The van der Waals surface area contributed by atoms with Gasteiger partial charge in [-0.15, -0.1) is 0 Å². The number of rotatable bonds is 7. The number of aliphatic imine (C=N–C) groups is 1. The zero-order valence-electron chi connectivity index (χ0n) is 13.5. The number of hydrogen-bond donors (Lipinski definition) is 4. The second-order valence-corrected chi connectivity index (χ2v) is 6.66. The summed E-state index contributed by atoms with van der Waals surface area (Å²) in [5, 5.41) is 26.2. The van der Waals surface area contributed by atoms with Crippen molar-refractivity contribution in [2.75, 3.05) is 19.8 Å². The Morgan fingerprint density at radius 1 is 1.43 bits per heavy atom. The first-order valence-electron chi connectivity index (χ1n) is 8.21. The van der Waals surface area contributed by atoms with Crippen molar-refractivity contribution in [3.63, 3.8) is 0 Å². The lowest BCUT2D eigenvalue weighted by Gasteiger charge is -2.45. The van der Waals surface area contributed by atoms with Crippen LogP contribution < -0.4 is 10.6 Å². The van der Waals surface area contributed by atoms with Crippen LogP contribution in [0.1, 0.15) is 40.0 Å². The van der Waals surface area contributed by atoms with Gasteiger partial charge in [-0.2, -0.15) is 0 Å². The summed E-state index contributed by atoms with van der Waals surface area (Å²) in [5.74, 6) is 0. The number of nitrogens with zero attached hydrogens (tertiary/aromatic N) is 2. The van der Waals surface area contributed by atoms with Crippen LogP contribution in [0.15, 0.2) is 4.99 Å². The van der Waals surface area contributed by atoms with E-state index in [4.69, 9.17) is 0 Å². The Hall–Kier alpha value is -0.690. The van der Waals surface area contributed by atoms with E-state index < -0.39 is 0 Å². The zero-order chi connectivity index (χ0) is 15.5. The van der Waals surface area contributed by atoms with Crippen LogP contribution in [0.25, 0.3) is 0 Å². The summed E-state index contributed by atoms with van der Waals surface area (Å²) in [5.41, 5.74) is 0. The van der Waals surface area contributed by atoms with Crippen molar-refractivity contribution in [2.45, 2.75) is 70.4 Å². The molecule has 2 aliphatic rings. The third-order valence-corrected chi connectivity index (χ3v) is 5.07. The molecule has 0 amide bonds. The molecule has 0 aliphatic carbocycles. The lowest BCUT2D eigenvalue weighted by atomic mass is 10.0. The van der Waals surface area contributed by atoms with Gasteiger partial charge in [0, 0.05) is 0 Å². The third-order valence-electron chi connectivity index (χ3n) is 5.07. The lowest BCUT2D eigenvalue weighted by Crippen LogP contribution is -2.64. The van der Waals surface area contributed by atoms with Gasteiger partial charge in [0.15, 0.2) is 0 Å². The van der Waals surface area contributed by atoms with E-state index in [1.807, 2.05) is 6.92 Å². The fourth-order valence-corrected chi connectivity index (χ4v) is 3.87. The van der Waals surface area contributed by atoms with E-state index in [0.717, 1.165) is 17.6 Å². The minimum Gasteiger partial charge on any atom is -0.394 e. The van der Waals surface area contributed by atoms with Crippen LogP contribution in [0.2, 0.25) is 0 Å². The van der Waals surface area contributed by atoms with Gasteiger partial charge >= 0.3 is 0 Å². The maximum atomic E-state index is 10.0. The molecular formula is C15H31N4O2+. The summed E-state index contributed by atoms with van der Waals surface area (Å²) >= 11 is 0. The van der Waals surface area contributed by atoms with Crippen molar-refractivity contribution in [2.24, 2.45) is 4.99 Å². The molecule has 3 unspecified atom stereocenters. The van der Waals surface area contributed by atoms with Gasteiger partial charge in [-0.25, -0.2) is 4.99 Å². The van der Waals surface area contributed by atoms with Crippen molar-refractivity contribution in [3.8, 4) is 0 Å². The molecule has 2 rings (SSSR count). The maximum absolute atomic E-state index is 10.0. The maximum Gasteiger partial charge on any atom is 0.203 e. The Bertz CT molecular complexity index is 364. The number of unbranched alkanes of at least 4 members (excludes halogenated alkanes) is 1. The SMILES string of the molecule is CCCC[C@@H](C)[N+]1(C[C@H](C)O)CNC2C1N=CN[C@H]2CO. The van der Waals surface area contributed by atoms with Gasteiger partial charge in [-0.3, -0.25) is 9.80 Å². The lowest BCUT2D eigenvalue weighted by molar-refractivity contribution is -0.963. The van der Waals surface area contributed by atoms with Gasteiger partial charge in [-0.05, 0) is 26.7 Å². The Morgan fingerprint density at radius 3 is 2.81 bits per heavy atom. The average Bonchev–Trinajstić information content (AvgIpc) is 2.84. The number of hydrogen-bond acceptors (Lipinski definition) is 5. The van der Waals surface area contributed by atoms with Gasteiger partial charge in [0.05, 0.1) is 25.0 Å². The third kappa shape index (κ3) is 3.23. The van der Waals surface area contributed by atoms with E-state index >= 15 is 0 Å². The molecule has 0 aromatic rings. The molecule has 6 atom stereocenters. The smallest absolute Gasteiger partial charge is 0.203 e. The van der Waals surface area contributed by atoms with E-state index in [1.54, 1.807) is 6.34 Å². The monoisotopic (exact) mass is 299 g/mol. The van der Waals surface area contributed by atoms with Crippen LogP contribution in [0.4, 0.5) is 0 Å². The first-order valence-corrected chi connectivity index (χ1v) is 8.21. The van der Waals surface area contributed by atoms with Gasteiger partial charge in [0.25, 0.3) is 0 Å². The van der Waals surface area contributed by atoms with Gasteiger partial charge < -0.3 is 15.5 Å². The molecule has 0 bridgehead atoms. The molecule has 122 valence electrons. The molecule has 6 heteroatoms. The number of fused-ring (bicyclic) bond motifs is 1. The van der Waals surface area contributed by atoms with Crippen LogP contribution in [-0.2, 0) is 0 Å². The molecule has 0 radical (unpaired) electrons. The molecule has 0 aromatic carbocycles. The highest BCUT2D eigenvalue weighted by atomic mass is 16.3. The fourth-order valence-electron chi connectivity index (χ4n) is 3.87. The Labute approximate surface area is 127 Å². The molecule has 4 N–H and O–H groups in total. The first-order chi connectivity index (χ1) is 10.0. The summed E-state index contributed by atoms with van der Waals surface area (Å²) in [6, 6.07) is 0.569. The average molecular weight is 299 g/mol. The number of nitrogens with one attached hydrogen (secondary N) is 2. The quantitative estimate of drug-likeness (QED) is 0.500. The second kappa shape index (κ2) is 7.05. The summed E-state index contributed by atoms with van der Waals surface area (Å²) in [6.45, 7) is 7.94. The predicted molar refractivity (Wildman–Crippen MR) is 83.9 cm³/mol. The molecule has 21 heavy (non-hydrogen) atoms. The number of aliphatic hydroxyl groups excluding tert-OH is 2. The van der Waals surface area contributed by atoms with Crippen LogP contribution in [0.3, 0.4) is 0 Å². The fraction of sp³-hybridized carbons (Fsp3) is 0.933. The van der Waals surface area contributed by atoms with Gasteiger partial charge in [0.1, 0.15) is 25.4 Å². The summed E-state index contributed by atoms with van der Waals surface area (Å²) in [6.07, 6.45) is 4.98. The molecule has 0 spiro atoms. The molecule has 0 saturated carbocycles. The molecule has 1 saturated heterocycles. The van der Waals surface area contributed by atoms with Crippen molar-refractivity contribution in [1.29, 1.82) is 0 Å². The minimum atomic E-state index is -0.354. The number of quaternary nitrogens is 1. The van der Waals surface area contributed by atoms with E-state index in [1.165, 1.54) is 12.8 Å². The van der Waals surface area contributed by atoms with E-state index in [2.05, 4.69) is 29.5 Å². The van der Waals surface area contributed by atoms with Crippen LogP contribution in [0.5, 0.6) is 0 Å². The summed E-state index contributed by atoms with van der Waals surface area (Å²) in [4.78, 5) is 4.68. The van der Waals surface area contributed by atoms with E-state index in [-0.39, 0.29) is 31.0 Å². The van der Waals surface area contributed by atoms with Crippen molar-refractivity contribution < 1.29 is 14.7 Å². The highest BCUT2D eigenvalue weighted by Crippen LogP contribution is 2.32. The minimum absolute atomic E-state index is 0.000117. The number of aliphatic hydroxyl groups is 2. The molecule has 2 aliphatic heterocycles. The second-order valence-electron chi connectivity index (χ2n) is 6.66. The first kappa shape index (κ1) is 16.7. The van der Waals surface area contributed by atoms with Gasteiger partial charge in [0.2, 0.25) is 6.17 Å². The van der Waals surface area contributed by atoms with E-state index in [9.17, 15) is 10.2 Å². The van der Waals surface area contributed by atoms with Crippen molar-refractivity contribution in [1.82, 2.24) is 10.6 Å². The van der Waals surface area contributed by atoms with Crippen LogP contribution >= 0.6 is 0 Å². The summed E-state index contributed by atoms with van der Waals surface area (Å²) < 4.78 is 0.775. The van der Waals surface area contributed by atoms with E-state index in [0.29, 0.717) is 12.6 Å². The van der Waals surface area contributed by atoms with Crippen molar-refractivity contribution in [3.05, 3.63) is 0 Å². The molecule has 1 fully saturated rings. The largest absolute Gasteiger partial charge is 0.394 e. The summed E-state index contributed by atoms with van der Waals surface area (Å²) in [7, 11) is 0. The van der Waals surface area contributed by atoms with Crippen LogP contribution in [-0.4, -0.2) is 71.3 Å². The Kier molecular flexibility index (Phi) is 5.60. The highest BCUT2D eigenvalue weighted by molar-refractivity contribution is 5.56. The Balaban J connectivity index is 2.24. The Morgan fingerprint density at radius 2 is 2.19 bits per heavy atom. The highest BCUT2D eigenvalue weighted by Gasteiger charge is 2.54. The normalized spacial score (nSPS) is 37.9. The molecule has 0 aromatic heterocycles. The van der Waals surface area contributed by atoms with Crippen LogP contribution in [0, 0.1) is 0 Å².